The average molecular weight is 372 g/mol. The molecule has 4 heteroatoms. The first-order chi connectivity index (χ1) is 11.4. The fraction of sp³-hybridized carbons (Fsp3) is 0.286. The largest absolute Gasteiger partial charge is 3.00 e. The quantitative estimate of drug-likeness (QED) is 0.498. The van der Waals surface area contributed by atoms with Crippen LogP contribution in [0.3, 0.4) is 0 Å². The second-order valence-electron chi connectivity index (χ2n) is 6.11. The molecule has 0 heterocycles. The maximum absolute atomic E-state index is 2.08. The molecule has 1 radical (unpaired) electrons. The van der Waals surface area contributed by atoms with Crippen molar-refractivity contribution in [2.45, 2.75) is 0 Å². The van der Waals surface area contributed by atoms with Gasteiger partial charge in [0.1, 0.15) is 0 Å². The van der Waals surface area contributed by atoms with Gasteiger partial charge in [-0.1, -0.05) is 17.1 Å². The first kappa shape index (κ1) is 23.2. The van der Waals surface area contributed by atoms with E-state index in [9.17, 15) is 0 Å². The summed E-state index contributed by atoms with van der Waals surface area (Å²) in [6.45, 7) is 0. The van der Waals surface area contributed by atoms with Crippen LogP contribution in [0, 0.1) is 0 Å². The van der Waals surface area contributed by atoms with Gasteiger partial charge in [-0.05, 0) is 42.3 Å². The molecule has 0 N–H and O–H groups in total. The molecule has 3 aromatic rings. The van der Waals surface area contributed by atoms with Crippen molar-refractivity contribution in [2.75, 3.05) is 57.0 Å². The summed E-state index contributed by atoms with van der Waals surface area (Å²) >= 11 is 0. The topological polar surface area (TPSA) is 9.72 Å². The minimum Gasteiger partial charge on any atom is -0.429 e. The SMILES string of the molecule is CN(C)[c-]1cccc1.CN(C)[c-]1cccc1.CN(C)[c-]1cccc1.[Ti+3]. The van der Waals surface area contributed by atoms with Crippen LogP contribution in [0.2, 0.25) is 0 Å². The second kappa shape index (κ2) is 12.5. The van der Waals surface area contributed by atoms with Gasteiger partial charge in [0, 0.05) is 0 Å². The molecule has 3 nitrogen and oxygen atoms in total. The Morgan fingerprint density at radius 2 is 0.560 bits per heavy atom. The normalized spacial score (nSPS) is 8.88. The fourth-order valence-corrected chi connectivity index (χ4v) is 1.99. The molecule has 0 amide bonds. The maximum atomic E-state index is 2.08. The van der Waals surface area contributed by atoms with Crippen LogP contribution < -0.4 is 14.7 Å². The van der Waals surface area contributed by atoms with Crippen molar-refractivity contribution in [3.05, 3.63) is 72.8 Å². The minimum atomic E-state index is 0. The van der Waals surface area contributed by atoms with Crippen molar-refractivity contribution in [1.29, 1.82) is 0 Å². The molecule has 25 heavy (non-hydrogen) atoms. The summed E-state index contributed by atoms with van der Waals surface area (Å²) in [6.07, 6.45) is 0. The molecule has 0 bridgehead atoms. The summed E-state index contributed by atoms with van der Waals surface area (Å²) in [6, 6.07) is 24.7. The minimum absolute atomic E-state index is 0. The van der Waals surface area contributed by atoms with Crippen LogP contribution in [0.1, 0.15) is 0 Å². The van der Waals surface area contributed by atoms with Crippen LogP contribution in [0.15, 0.2) is 72.8 Å². The second-order valence-corrected chi connectivity index (χ2v) is 6.11. The molecule has 0 aliphatic heterocycles. The Bertz CT molecular complexity index is 515. The zero-order valence-corrected chi connectivity index (χ0v) is 17.8. The molecular formula is C21H30N3Ti. The monoisotopic (exact) mass is 372 g/mol. The molecule has 0 atom stereocenters. The molecule has 3 aromatic carbocycles. The van der Waals surface area contributed by atoms with Crippen molar-refractivity contribution < 1.29 is 21.7 Å². The van der Waals surface area contributed by atoms with E-state index in [0.29, 0.717) is 0 Å². The standard InChI is InChI=1S/3C7H10N.Ti/c3*1-8(2)7-5-3-4-6-7;/h3*3-6H,1-2H3;/q3*-1;+3. The molecule has 0 aliphatic carbocycles. The molecule has 0 fully saturated rings. The number of hydrogen-bond acceptors (Lipinski definition) is 3. The Morgan fingerprint density at radius 1 is 0.400 bits per heavy atom. The van der Waals surface area contributed by atoms with Gasteiger partial charge < -0.3 is 14.7 Å². The van der Waals surface area contributed by atoms with Gasteiger partial charge in [-0.25, -0.2) is 36.4 Å². The Kier molecular flexibility index (Phi) is 11.6. The number of anilines is 3. The van der Waals surface area contributed by atoms with Crippen molar-refractivity contribution in [3.63, 3.8) is 0 Å². The van der Waals surface area contributed by atoms with Crippen LogP contribution in [0.25, 0.3) is 0 Å². The third kappa shape index (κ3) is 9.28. The van der Waals surface area contributed by atoms with Gasteiger partial charge in [0.05, 0.1) is 0 Å². The summed E-state index contributed by atoms with van der Waals surface area (Å²) in [5.74, 6) is 0. The van der Waals surface area contributed by atoms with Crippen LogP contribution in [-0.4, -0.2) is 42.3 Å². The van der Waals surface area contributed by atoms with Gasteiger partial charge in [-0.15, -0.1) is 0 Å². The summed E-state index contributed by atoms with van der Waals surface area (Å²) in [5, 5.41) is 0. The van der Waals surface area contributed by atoms with E-state index >= 15 is 0 Å². The molecule has 3 rings (SSSR count). The van der Waals surface area contributed by atoms with Crippen LogP contribution in [0.5, 0.6) is 0 Å². The van der Waals surface area contributed by atoms with Crippen molar-refractivity contribution in [2.24, 2.45) is 0 Å². The zero-order valence-electron chi connectivity index (χ0n) is 16.3. The van der Waals surface area contributed by atoms with Gasteiger partial charge in [0.2, 0.25) is 0 Å². The van der Waals surface area contributed by atoms with E-state index in [-0.39, 0.29) is 21.7 Å². The Labute approximate surface area is 168 Å². The third-order valence-corrected chi connectivity index (χ3v) is 3.48. The molecule has 0 aromatic heterocycles. The number of rotatable bonds is 3. The van der Waals surface area contributed by atoms with Crippen molar-refractivity contribution in [3.8, 4) is 0 Å². The van der Waals surface area contributed by atoms with Gasteiger partial charge in [-0.2, -0.15) is 36.4 Å². The van der Waals surface area contributed by atoms with Gasteiger partial charge in [0.15, 0.2) is 0 Å². The molecule has 0 saturated heterocycles. The molecular weight excluding hydrogens is 342 g/mol. The van der Waals surface area contributed by atoms with E-state index < -0.39 is 0 Å². The van der Waals surface area contributed by atoms with Crippen molar-refractivity contribution >= 4 is 17.1 Å². The van der Waals surface area contributed by atoms with E-state index in [1.54, 1.807) is 0 Å². The smallest absolute Gasteiger partial charge is 0.429 e. The summed E-state index contributed by atoms with van der Waals surface area (Å²) < 4.78 is 0. The average Bonchev–Trinajstić information content (AvgIpc) is 3.29. The maximum Gasteiger partial charge on any atom is 3.00 e. The molecule has 0 saturated carbocycles. The summed E-state index contributed by atoms with van der Waals surface area (Å²) in [4.78, 5) is 6.25. The predicted molar refractivity (Wildman–Crippen MR) is 109 cm³/mol. The third-order valence-electron chi connectivity index (χ3n) is 3.48. The Balaban J connectivity index is 0.000000339. The number of nitrogens with zero attached hydrogens (tertiary/aromatic N) is 3. The van der Waals surface area contributed by atoms with E-state index in [2.05, 4.69) is 51.1 Å². The molecule has 0 unspecified atom stereocenters. The zero-order chi connectivity index (χ0) is 17.9. The molecule has 133 valence electrons. The first-order valence-corrected chi connectivity index (χ1v) is 8.09. The van der Waals surface area contributed by atoms with E-state index in [4.69, 9.17) is 0 Å². The molecule has 0 aliphatic rings. The Morgan fingerprint density at radius 3 is 0.640 bits per heavy atom. The van der Waals surface area contributed by atoms with Crippen LogP contribution in [0.4, 0.5) is 17.1 Å². The van der Waals surface area contributed by atoms with Crippen LogP contribution in [-0.2, 0) is 21.7 Å². The number of hydrogen-bond donors (Lipinski definition) is 0. The summed E-state index contributed by atoms with van der Waals surface area (Å²) in [7, 11) is 12.2. The van der Waals surface area contributed by atoms with Gasteiger partial charge in [-0.3, -0.25) is 0 Å². The predicted octanol–water partition coefficient (Wildman–Crippen LogP) is 4.41. The Hall–Kier alpha value is -1.84. The van der Waals surface area contributed by atoms with Crippen molar-refractivity contribution in [1.82, 2.24) is 0 Å². The summed E-state index contributed by atoms with van der Waals surface area (Å²) in [5.41, 5.74) is 3.81. The van der Waals surface area contributed by atoms with E-state index in [1.165, 1.54) is 17.1 Å². The van der Waals surface area contributed by atoms with E-state index in [0.717, 1.165) is 0 Å². The van der Waals surface area contributed by atoms with Gasteiger partial charge >= 0.3 is 21.7 Å². The fourth-order valence-electron chi connectivity index (χ4n) is 1.99. The molecule has 0 spiro atoms. The van der Waals surface area contributed by atoms with Gasteiger partial charge in [0.25, 0.3) is 0 Å². The van der Waals surface area contributed by atoms with E-state index in [1.807, 2.05) is 78.7 Å². The van der Waals surface area contributed by atoms with Crippen LogP contribution >= 0.6 is 0 Å². The first-order valence-electron chi connectivity index (χ1n) is 8.09.